The third kappa shape index (κ3) is 2.90. The summed E-state index contributed by atoms with van der Waals surface area (Å²) in [6.07, 6.45) is 2.38. The highest BCUT2D eigenvalue weighted by Crippen LogP contribution is 2.33. The number of rotatable bonds is 3. The third-order valence-electron chi connectivity index (χ3n) is 3.61. The number of aryl methyl sites for hydroxylation is 1. The minimum absolute atomic E-state index is 0.375. The molecule has 1 aliphatic heterocycles. The first-order valence-electron chi connectivity index (χ1n) is 6.64. The van der Waals surface area contributed by atoms with Crippen molar-refractivity contribution in [3.63, 3.8) is 0 Å². The second-order valence-electron chi connectivity index (χ2n) is 5.13. The normalized spacial score (nSPS) is 20.0. The molecule has 3 rings (SSSR count). The zero-order valence-electron chi connectivity index (χ0n) is 11.0. The van der Waals surface area contributed by atoms with Crippen molar-refractivity contribution in [1.29, 1.82) is 0 Å². The zero-order valence-corrected chi connectivity index (χ0v) is 12.6. The molecule has 1 atom stereocenters. The van der Waals surface area contributed by atoms with Crippen LogP contribution in [0.5, 0.6) is 0 Å². The molecule has 0 unspecified atom stereocenters. The summed E-state index contributed by atoms with van der Waals surface area (Å²) in [5, 5.41) is 4.01. The Balaban J connectivity index is 1.76. The van der Waals surface area contributed by atoms with Crippen molar-refractivity contribution in [2.24, 2.45) is 0 Å². The van der Waals surface area contributed by atoms with Crippen LogP contribution in [0.1, 0.15) is 35.9 Å². The molecule has 2 aromatic rings. The van der Waals surface area contributed by atoms with Crippen LogP contribution in [0, 0.1) is 6.92 Å². The Morgan fingerprint density at radius 3 is 3.05 bits per heavy atom. The van der Waals surface area contributed by atoms with Crippen molar-refractivity contribution in [2.45, 2.75) is 32.4 Å². The Hall–Kier alpha value is -1.13. The van der Waals surface area contributed by atoms with Gasteiger partial charge in [-0.1, -0.05) is 33.2 Å². The topological polar surface area (TPSA) is 29.3 Å². The van der Waals surface area contributed by atoms with E-state index in [-0.39, 0.29) is 0 Å². The molecule has 0 saturated carbocycles. The van der Waals surface area contributed by atoms with Gasteiger partial charge in [-0.15, -0.1) is 0 Å². The fraction of sp³-hybridized carbons (Fsp3) is 0.400. The molecular weight excluding hydrogens is 304 g/mol. The molecule has 0 aliphatic carbocycles. The van der Waals surface area contributed by atoms with E-state index in [0.29, 0.717) is 6.04 Å². The van der Waals surface area contributed by atoms with Gasteiger partial charge < -0.3 is 4.52 Å². The van der Waals surface area contributed by atoms with E-state index in [9.17, 15) is 0 Å². The van der Waals surface area contributed by atoms with Gasteiger partial charge in [0.05, 0.1) is 11.7 Å². The average molecular weight is 321 g/mol. The Morgan fingerprint density at radius 2 is 2.32 bits per heavy atom. The van der Waals surface area contributed by atoms with Gasteiger partial charge in [0, 0.05) is 17.1 Å². The summed E-state index contributed by atoms with van der Waals surface area (Å²) < 4.78 is 6.57. The number of nitrogens with zero attached hydrogens (tertiary/aromatic N) is 2. The van der Waals surface area contributed by atoms with Crippen LogP contribution in [-0.2, 0) is 6.54 Å². The van der Waals surface area contributed by atoms with Crippen LogP contribution in [0.25, 0.3) is 0 Å². The monoisotopic (exact) mass is 320 g/mol. The maximum absolute atomic E-state index is 5.44. The van der Waals surface area contributed by atoms with Crippen molar-refractivity contribution in [1.82, 2.24) is 10.1 Å². The van der Waals surface area contributed by atoms with Gasteiger partial charge in [0.15, 0.2) is 5.76 Å². The fourth-order valence-electron chi connectivity index (χ4n) is 2.75. The predicted octanol–water partition coefficient (Wildman–Crippen LogP) is 4.08. The van der Waals surface area contributed by atoms with E-state index in [4.69, 9.17) is 4.52 Å². The van der Waals surface area contributed by atoms with Gasteiger partial charge in [0.2, 0.25) is 0 Å². The first-order valence-corrected chi connectivity index (χ1v) is 7.43. The van der Waals surface area contributed by atoms with Crippen LogP contribution in [0.2, 0.25) is 0 Å². The highest BCUT2D eigenvalue weighted by molar-refractivity contribution is 9.10. The highest BCUT2D eigenvalue weighted by Gasteiger charge is 2.28. The smallest absolute Gasteiger partial charge is 0.154 e. The summed E-state index contributed by atoms with van der Waals surface area (Å²) in [4.78, 5) is 2.47. The average Bonchev–Trinajstić information content (AvgIpc) is 2.98. The molecule has 0 amide bonds. The van der Waals surface area contributed by atoms with Crippen molar-refractivity contribution >= 4 is 15.9 Å². The quantitative estimate of drug-likeness (QED) is 0.853. The molecule has 0 spiro atoms. The van der Waals surface area contributed by atoms with Gasteiger partial charge in [-0.2, -0.15) is 0 Å². The van der Waals surface area contributed by atoms with Gasteiger partial charge >= 0.3 is 0 Å². The SMILES string of the molecule is Cc1cc([C@H]2CCCN2Cc2cccc(Br)c2)on1. The Kier molecular flexibility index (Phi) is 3.71. The lowest BCUT2D eigenvalue weighted by atomic mass is 10.1. The van der Waals surface area contributed by atoms with Crippen LogP contribution in [0.3, 0.4) is 0 Å². The summed E-state index contributed by atoms with van der Waals surface area (Å²) >= 11 is 3.53. The predicted molar refractivity (Wildman–Crippen MR) is 77.8 cm³/mol. The van der Waals surface area contributed by atoms with Gasteiger partial charge in [0.1, 0.15) is 0 Å². The van der Waals surface area contributed by atoms with Crippen LogP contribution in [-0.4, -0.2) is 16.6 Å². The molecule has 4 heteroatoms. The molecule has 0 N–H and O–H groups in total. The molecule has 0 bridgehead atoms. The van der Waals surface area contributed by atoms with Crippen molar-refractivity contribution in [3.8, 4) is 0 Å². The van der Waals surface area contributed by atoms with Crippen LogP contribution in [0.4, 0.5) is 0 Å². The summed E-state index contributed by atoms with van der Waals surface area (Å²) in [6.45, 7) is 4.06. The van der Waals surface area contributed by atoms with Crippen molar-refractivity contribution in [2.75, 3.05) is 6.54 Å². The molecule has 1 aliphatic rings. The molecule has 1 fully saturated rings. The lowest BCUT2D eigenvalue weighted by molar-refractivity contribution is 0.206. The summed E-state index contributed by atoms with van der Waals surface area (Å²) in [6, 6.07) is 10.9. The van der Waals surface area contributed by atoms with E-state index in [1.807, 2.05) is 6.92 Å². The van der Waals surface area contributed by atoms with E-state index in [0.717, 1.165) is 35.4 Å². The largest absolute Gasteiger partial charge is 0.359 e. The number of benzene rings is 1. The molecule has 19 heavy (non-hydrogen) atoms. The Morgan fingerprint density at radius 1 is 1.42 bits per heavy atom. The molecule has 1 aromatic heterocycles. The van der Waals surface area contributed by atoms with Crippen LogP contribution >= 0.6 is 15.9 Å². The lowest BCUT2D eigenvalue weighted by Gasteiger charge is -2.22. The highest BCUT2D eigenvalue weighted by atomic mass is 79.9. The number of hydrogen-bond donors (Lipinski definition) is 0. The molecule has 100 valence electrons. The number of halogens is 1. The first kappa shape index (κ1) is 12.9. The maximum atomic E-state index is 5.44. The van der Waals surface area contributed by atoms with Crippen molar-refractivity contribution < 1.29 is 4.52 Å². The zero-order chi connectivity index (χ0) is 13.2. The van der Waals surface area contributed by atoms with E-state index in [1.54, 1.807) is 0 Å². The maximum Gasteiger partial charge on any atom is 0.154 e. The Labute approximate surface area is 121 Å². The third-order valence-corrected chi connectivity index (χ3v) is 4.11. The van der Waals surface area contributed by atoms with Crippen LogP contribution in [0.15, 0.2) is 39.3 Å². The lowest BCUT2D eigenvalue weighted by Crippen LogP contribution is -2.22. The molecular formula is C15H17BrN2O. The molecule has 0 radical (unpaired) electrons. The minimum atomic E-state index is 0.375. The summed E-state index contributed by atoms with van der Waals surface area (Å²) in [7, 11) is 0. The molecule has 2 heterocycles. The van der Waals surface area contributed by atoms with Crippen LogP contribution < -0.4 is 0 Å². The van der Waals surface area contributed by atoms with Gasteiger partial charge in [0.25, 0.3) is 0 Å². The fourth-order valence-corrected chi connectivity index (χ4v) is 3.19. The molecule has 3 nitrogen and oxygen atoms in total. The molecule has 1 aromatic carbocycles. The first-order chi connectivity index (χ1) is 9.22. The van der Waals surface area contributed by atoms with Gasteiger partial charge in [-0.3, -0.25) is 4.90 Å². The molecule has 1 saturated heterocycles. The Bertz CT molecular complexity index is 567. The van der Waals surface area contributed by atoms with Gasteiger partial charge in [-0.25, -0.2) is 0 Å². The second-order valence-corrected chi connectivity index (χ2v) is 6.04. The van der Waals surface area contributed by atoms with E-state index < -0.39 is 0 Å². The summed E-state index contributed by atoms with van der Waals surface area (Å²) in [5.41, 5.74) is 2.29. The summed E-state index contributed by atoms with van der Waals surface area (Å²) in [5.74, 6) is 1.00. The number of aromatic nitrogens is 1. The number of hydrogen-bond acceptors (Lipinski definition) is 3. The van der Waals surface area contributed by atoms with Crippen molar-refractivity contribution in [3.05, 3.63) is 51.8 Å². The van der Waals surface area contributed by atoms with E-state index in [2.05, 4.69) is 56.3 Å². The minimum Gasteiger partial charge on any atom is -0.359 e. The number of likely N-dealkylation sites (tertiary alicyclic amines) is 1. The van der Waals surface area contributed by atoms with Gasteiger partial charge in [-0.05, 0) is 44.0 Å². The second kappa shape index (κ2) is 5.47. The van der Waals surface area contributed by atoms with E-state index >= 15 is 0 Å². The standard InChI is InChI=1S/C15H17BrN2O/c1-11-8-15(19-17-11)14-6-3-7-18(14)10-12-4-2-5-13(16)9-12/h2,4-5,8-9,14H,3,6-7,10H2,1H3/t14-/m1/s1. The van der Waals surface area contributed by atoms with E-state index in [1.165, 1.54) is 12.0 Å².